The van der Waals surface area contributed by atoms with Gasteiger partial charge in [0, 0.05) is 17.7 Å². The van der Waals surface area contributed by atoms with Crippen molar-refractivity contribution in [1.29, 1.82) is 0 Å². The molecule has 0 fully saturated rings. The van der Waals surface area contributed by atoms with Gasteiger partial charge in [-0.05, 0) is 43.7 Å². The number of nitrogens with zero attached hydrogens (tertiary/aromatic N) is 3. The smallest absolute Gasteiger partial charge is 0.165 e. The topological polar surface area (TPSA) is 48.6 Å². The number of benzene rings is 2. The summed E-state index contributed by atoms with van der Waals surface area (Å²) in [5.74, 6) is -0.176. The van der Waals surface area contributed by atoms with E-state index in [4.69, 9.17) is 9.57 Å². The van der Waals surface area contributed by atoms with Crippen molar-refractivity contribution in [3.63, 3.8) is 0 Å². The molecule has 6 heteroatoms. The summed E-state index contributed by atoms with van der Waals surface area (Å²) in [7, 11) is 0. The van der Waals surface area contributed by atoms with Crippen molar-refractivity contribution in [3.8, 4) is 5.75 Å². The molecule has 0 saturated heterocycles. The van der Waals surface area contributed by atoms with Gasteiger partial charge in [-0.3, -0.25) is 4.68 Å². The van der Waals surface area contributed by atoms with E-state index in [1.165, 1.54) is 6.07 Å². The van der Waals surface area contributed by atoms with Crippen LogP contribution in [0.2, 0.25) is 0 Å². The normalized spacial score (nSPS) is 16.0. The second-order valence-electron chi connectivity index (χ2n) is 7.00. The first-order valence-electron chi connectivity index (χ1n) is 9.29. The Hall–Kier alpha value is -3.15. The molecule has 144 valence electrons. The van der Waals surface area contributed by atoms with Crippen LogP contribution >= 0.6 is 0 Å². The van der Waals surface area contributed by atoms with Crippen LogP contribution in [-0.2, 0) is 18.0 Å². The number of aromatic nitrogens is 2. The Kier molecular flexibility index (Phi) is 5.10. The first-order valence-corrected chi connectivity index (χ1v) is 9.29. The van der Waals surface area contributed by atoms with E-state index in [0.717, 1.165) is 22.7 Å². The fraction of sp³-hybridized carbons (Fsp3) is 0.273. The van der Waals surface area contributed by atoms with Crippen LogP contribution in [-0.4, -0.2) is 21.6 Å². The van der Waals surface area contributed by atoms with Gasteiger partial charge in [0.15, 0.2) is 17.7 Å². The lowest BCUT2D eigenvalue weighted by molar-refractivity contribution is 0.0692. The summed E-state index contributed by atoms with van der Waals surface area (Å²) in [6, 6.07) is 16.6. The van der Waals surface area contributed by atoms with Crippen LogP contribution in [0, 0.1) is 19.7 Å². The lowest BCUT2D eigenvalue weighted by Gasteiger charge is -2.10. The summed E-state index contributed by atoms with van der Waals surface area (Å²) in [6.45, 7) is 4.92. The van der Waals surface area contributed by atoms with Crippen LogP contribution < -0.4 is 4.74 Å². The predicted molar refractivity (Wildman–Crippen MR) is 105 cm³/mol. The molecule has 0 unspecified atom stereocenters. The van der Waals surface area contributed by atoms with Gasteiger partial charge in [0.05, 0.1) is 18.0 Å². The van der Waals surface area contributed by atoms with Crippen LogP contribution in [0.4, 0.5) is 4.39 Å². The second kappa shape index (κ2) is 7.84. The molecule has 0 spiro atoms. The van der Waals surface area contributed by atoms with E-state index in [1.54, 1.807) is 6.07 Å². The standard InChI is InChI=1S/C22H22FN3O2/c1-15-10-16(2)26(24-15)13-19-12-21(25-28-19)18-8-9-22(20(23)11-18)27-14-17-6-4-3-5-7-17/h3-11,19H,12-14H2,1-2H3/t19-/m1/s1. The van der Waals surface area contributed by atoms with Crippen molar-refractivity contribution in [1.82, 2.24) is 9.78 Å². The summed E-state index contributed by atoms with van der Waals surface area (Å²) >= 11 is 0. The molecule has 1 aliphatic heterocycles. The van der Waals surface area contributed by atoms with Crippen molar-refractivity contribution >= 4 is 5.71 Å². The van der Waals surface area contributed by atoms with Crippen LogP contribution in [0.5, 0.6) is 5.75 Å². The monoisotopic (exact) mass is 379 g/mol. The molecule has 0 N–H and O–H groups in total. The first-order chi connectivity index (χ1) is 13.6. The molecule has 3 aromatic rings. The molecule has 0 amide bonds. The van der Waals surface area contributed by atoms with Gasteiger partial charge >= 0.3 is 0 Å². The number of aryl methyl sites for hydroxylation is 2. The number of rotatable bonds is 6. The SMILES string of the molecule is Cc1cc(C)n(C[C@H]2CC(c3ccc(OCc4ccccc4)c(F)c3)=NO2)n1. The summed E-state index contributed by atoms with van der Waals surface area (Å²) < 4.78 is 22.0. The maximum Gasteiger partial charge on any atom is 0.165 e. The molecule has 2 aromatic carbocycles. The van der Waals surface area contributed by atoms with Crippen molar-refractivity contribution in [2.45, 2.75) is 39.5 Å². The largest absolute Gasteiger partial charge is 0.486 e. The maximum absolute atomic E-state index is 14.5. The third-order valence-electron chi connectivity index (χ3n) is 4.72. The molecule has 1 aliphatic rings. The number of halogens is 1. The molecule has 1 aromatic heterocycles. The molecule has 4 rings (SSSR count). The lowest BCUT2D eigenvalue weighted by Crippen LogP contribution is -2.18. The molecule has 0 bridgehead atoms. The number of ether oxygens (including phenoxy) is 1. The molecule has 0 radical (unpaired) electrons. The van der Waals surface area contributed by atoms with Crippen LogP contribution in [0.1, 0.15) is 28.9 Å². The zero-order valence-electron chi connectivity index (χ0n) is 15.9. The third kappa shape index (κ3) is 4.06. The Morgan fingerprint density at radius 1 is 1.14 bits per heavy atom. The van der Waals surface area contributed by atoms with Gasteiger partial charge in [0.25, 0.3) is 0 Å². The van der Waals surface area contributed by atoms with Gasteiger partial charge in [-0.2, -0.15) is 5.10 Å². The summed E-state index contributed by atoms with van der Waals surface area (Å²) in [6.07, 6.45) is 0.507. The van der Waals surface area contributed by atoms with Gasteiger partial charge in [0.1, 0.15) is 6.61 Å². The number of hydrogen-bond acceptors (Lipinski definition) is 4. The minimum atomic E-state index is -0.405. The number of oxime groups is 1. The Morgan fingerprint density at radius 2 is 1.96 bits per heavy atom. The highest BCUT2D eigenvalue weighted by Crippen LogP contribution is 2.24. The Labute approximate surface area is 163 Å². The van der Waals surface area contributed by atoms with Gasteiger partial charge in [-0.25, -0.2) is 4.39 Å². The van der Waals surface area contributed by atoms with E-state index in [1.807, 2.05) is 61.0 Å². The fourth-order valence-corrected chi connectivity index (χ4v) is 3.28. The minimum absolute atomic E-state index is 0.106. The molecule has 5 nitrogen and oxygen atoms in total. The zero-order valence-corrected chi connectivity index (χ0v) is 15.9. The number of hydrogen-bond donors (Lipinski definition) is 0. The van der Waals surface area contributed by atoms with Gasteiger partial charge in [-0.1, -0.05) is 35.5 Å². The lowest BCUT2D eigenvalue weighted by atomic mass is 10.0. The Morgan fingerprint density at radius 3 is 2.68 bits per heavy atom. The highest BCUT2D eigenvalue weighted by Gasteiger charge is 2.24. The Bertz CT molecular complexity index is 998. The molecule has 0 saturated carbocycles. The van der Waals surface area contributed by atoms with E-state index in [2.05, 4.69) is 10.3 Å². The van der Waals surface area contributed by atoms with Crippen molar-refractivity contribution in [2.24, 2.45) is 5.16 Å². The van der Waals surface area contributed by atoms with E-state index >= 15 is 0 Å². The molecule has 0 aliphatic carbocycles. The molecule has 1 atom stereocenters. The van der Waals surface area contributed by atoms with Gasteiger partial charge in [-0.15, -0.1) is 0 Å². The van der Waals surface area contributed by atoms with Crippen LogP contribution in [0.25, 0.3) is 0 Å². The highest BCUT2D eigenvalue weighted by molar-refractivity contribution is 6.01. The maximum atomic E-state index is 14.5. The third-order valence-corrected chi connectivity index (χ3v) is 4.72. The summed E-state index contributed by atoms with van der Waals surface area (Å²) in [5.41, 5.74) is 4.50. The Balaban J connectivity index is 1.38. The van der Waals surface area contributed by atoms with Crippen molar-refractivity contribution < 1.29 is 14.0 Å². The first kappa shape index (κ1) is 18.2. The van der Waals surface area contributed by atoms with Crippen LogP contribution in [0.15, 0.2) is 59.8 Å². The van der Waals surface area contributed by atoms with E-state index in [9.17, 15) is 4.39 Å². The quantitative estimate of drug-likeness (QED) is 0.637. The summed E-state index contributed by atoms with van der Waals surface area (Å²) in [5, 5.41) is 8.60. The highest BCUT2D eigenvalue weighted by atomic mass is 19.1. The molecular formula is C22H22FN3O2. The molecule has 28 heavy (non-hydrogen) atoms. The minimum Gasteiger partial charge on any atom is -0.486 e. The molecular weight excluding hydrogens is 357 g/mol. The zero-order chi connectivity index (χ0) is 19.5. The van der Waals surface area contributed by atoms with Gasteiger partial charge in [0.2, 0.25) is 0 Å². The van der Waals surface area contributed by atoms with E-state index < -0.39 is 5.82 Å². The second-order valence-corrected chi connectivity index (χ2v) is 7.00. The van der Waals surface area contributed by atoms with Crippen molar-refractivity contribution in [3.05, 3.63) is 82.9 Å². The van der Waals surface area contributed by atoms with Crippen molar-refractivity contribution in [2.75, 3.05) is 0 Å². The van der Waals surface area contributed by atoms with E-state index in [0.29, 0.717) is 25.1 Å². The fourth-order valence-electron chi connectivity index (χ4n) is 3.28. The predicted octanol–water partition coefficient (Wildman–Crippen LogP) is 4.41. The average molecular weight is 379 g/mol. The van der Waals surface area contributed by atoms with E-state index in [-0.39, 0.29) is 11.9 Å². The molecule has 2 heterocycles. The van der Waals surface area contributed by atoms with Gasteiger partial charge < -0.3 is 9.57 Å². The summed E-state index contributed by atoms with van der Waals surface area (Å²) in [4.78, 5) is 5.54. The van der Waals surface area contributed by atoms with Crippen LogP contribution in [0.3, 0.4) is 0 Å². The average Bonchev–Trinajstić information content (AvgIpc) is 3.28.